The molecular weight excluding hydrogens is 384 g/mol. The smallest absolute Gasteiger partial charge is 0.0484 e. The quantitative estimate of drug-likeness (QED) is 0.451. The molecule has 0 rings (SSSR count). The summed E-state index contributed by atoms with van der Waals surface area (Å²) in [6.45, 7) is 17.4. The van der Waals surface area contributed by atoms with Crippen LogP contribution in [0.25, 0.3) is 0 Å². The summed E-state index contributed by atoms with van der Waals surface area (Å²) in [5, 5.41) is 6.20. The number of rotatable bonds is 9. The summed E-state index contributed by atoms with van der Waals surface area (Å²) < 4.78 is 5.11. The van der Waals surface area contributed by atoms with E-state index in [-0.39, 0.29) is 22.5 Å². The van der Waals surface area contributed by atoms with Gasteiger partial charge in [0.2, 0.25) is 0 Å². The van der Waals surface area contributed by atoms with Crippen LogP contribution in [0.2, 0.25) is 0 Å². The standard InChI is InChI=1S/C11H21N2O.C2H6.W.H2/c1-5-14-9-7-11(3)13-8-6-10(2)12-4;1-2;;/h12-13H,1-3,5-9H2,4H3;1-2H3;;1H/q-1;;;. The molecule has 17 heavy (non-hydrogen) atoms. The predicted molar refractivity (Wildman–Crippen MR) is 74.2 cm³/mol. The Morgan fingerprint density at radius 2 is 1.82 bits per heavy atom. The fraction of sp³-hybridized carbons (Fsp3) is 0.615. The summed E-state index contributed by atoms with van der Waals surface area (Å²) in [5.41, 5.74) is 2.03. The van der Waals surface area contributed by atoms with Crippen LogP contribution in [0.1, 0.15) is 28.1 Å². The van der Waals surface area contributed by atoms with Gasteiger partial charge in [-0.25, -0.2) is 0 Å². The second-order valence-electron chi connectivity index (χ2n) is 3.00. The van der Waals surface area contributed by atoms with E-state index in [1.54, 1.807) is 0 Å². The van der Waals surface area contributed by atoms with Crippen LogP contribution in [0, 0.1) is 6.92 Å². The number of hydrogen-bond donors (Lipinski definition) is 2. The molecule has 0 aliphatic carbocycles. The van der Waals surface area contributed by atoms with Crippen molar-refractivity contribution >= 4 is 0 Å². The molecule has 104 valence electrons. The molecule has 0 saturated carbocycles. The van der Waals surface area contributed by atoms with E-state index in [0.29, 0.717) is 13.2 Å². The van der Waals surface area contributed by atoms with Gasteiger partial charge in [-0.1, -0.05) is 33.6 Å². The van der Waals surface area contributed by atoms with E-state index in [0.717, 1.165) is 30.8 Å². The van der Waals surface area contributed by atoms with E-state index in [4.69, 9.17) is 4.74 Å². The minimum Gasteiger partial charge on any atom is -0.413 e. The zero-order valence-electron chi connectivity index (χ0n) is 11.5. The molecule has 3 nitrogen and oxygen atoms in total. The van der Waals surface area contributed by atoms with Gasteiger partial charge in [-0.2, -0.15) is 0 Å². The third-order valence-electron chi connectivity index (χ3n) is 1.85. The van der Waals surface area contributed by atoms with Gasteiger partial charge < -0.3 is 22.3 Å². The van der Waals surface area contributed by atoms with Crippen LogP contribution in [0.4, 0.5) is 0 Å². The molecule has 0 radical (unpaired) electrons. The van der Waals surface area contributed by atoms with E-state index in [1.165, 1.54) is 0 Å². The average Bonchev–Trinajstić information content (AvgIpc) is 2.32. The summed E-state index contributed by atoms with van der Waals surface area (Å²) in [6.07, 6.45) is 1.74. The average molecular weight is 413 g/mol. The largest absolute Gasteiger partial charge is 0.413 e. The topological polar surface area (TPSA) is 33.3 Å². The van der Waals surface area contributed by atoms with Crippen molar-refractivity contribution in [1.82, 2.24) is 10.6 Å². The van der Waals surface area contributed by atoms with Gasteiger partial charge >= 0.3 is 0 Å². The van der Waals surface area contributed by atoms with Crippen molar-refractivity contribution in [2.45, 2.75) is 26.7 Å². The van der Waals surface area contributed by atoms with Crippen molar-refractivity contribution in [2.75, 3.05) is 26.8 Å². The molecule has 0 heterocycles. The van der Waals surface area contributed by atoms with Gasteiger partial charge in [0.05, 0.1) is 0 Å². The molecule has 0 aromatic rings. The summed E-state index contributed by atoms with van der Waals surface area (Å²) >= 11 is 0. The zero-order valence-corrected chi connectivity index (χ0v) is 14.4. The van der Waals surface area contributed by atoms with Crippen molar-refractivity contribution in [3.63, 3.8) is 0 Å². The van der Waals surface area contributed by atoms with Crippen LogP contribution in [-0.2, 0) is 25.8 Å². The molecule has 0 aliphatic heterocycles. The van der Waals surface area contributed by atoms with Crippen molar-refractivity contribution < 1.29 is 27.2 Å². The molecule has 0 amide bonds. The Morgan fingerprint density at radius 3 is 2.29 bits per heavy atom. The molecule has 0 aromatic heterocycles. The molecule has 0 unspecified atom stereocenters. The van der Waals surface area contributed by atoms with E-state index < -0.39 is 0 Å². The minimum atomic E-state index is 0. The Morgan fingerprint density at radius 1 is 1.24 bits per heavy atom. The zero-order chi connectivity index (χ0) is 12.8. The van der Waals surface area contributed by atoms with Crippen LogP contribution in [0.15, 0.2) is 24.6 Å². The van der Waals surface area contributed by atoms with Gasteiger partial charge in [-0.15, -0.1) is 0 Å². The molecule has 0 fully saturated rings. The van der Waals surface area contributed by atoms with Crippen molar-refractivity contribution in [3.8, 4) is 0 Å². The molecule has 0 bridgehead atoms. The van der Waals surface area contributed by atoms with Gasteiger partial charge in [0, 0.05) is 66.9 Å². The molecule has 2 N–H and O–H groups in total. The molecule has 0 spiro atoms. The van der Waals surface area contributed by atoms with Crippen molar-refractivity contribution in [2.24, 2.45) is 0 Å². The van der Waals surface area contributed by atoms with Crippen LogP contribution < -0.4 is 10.6 Å². The monoisotopic (exact) mass is 413 g/mol. The normalized spacial score (nSPS) is 8.24. The Labute approximate surface area is 123 Å². The number of ether oxygens (including phenoxy) is 1. The maximum Gasteiger partial charge on any atom is 0.0484 e. The predicted octanol–water partition coefficient (Wildman–Crippen LogP) is 2.72. The number of hydrogen-bond acceptors (Lipinski definition) is 3. The second kappa shape index (κ2) is 18.1. The van der Waals surface area contributed by atoms with E-state index >= 15 is 0 Å². The summed E-state index contributed by atoms with van der Waals surface area (Å²) in [4.78, 5) is 0. The van der Waals surface area contributed by atoms with E-state index in [9.17, 15) is 0 Å². The van der Waals surface area contributed by atoms with Gasteiger partial charge in [-0.05, 0) is 0 Å². The van der Waals surface area contributed by atoms with Gasteiger partial charge in [0.15, 0.2) is 0 Å². The SMILES string of the molecule is C=C(CCNC(=C)CCOC[CH2-])NC.CC.[HH].[W]. The maximum atomic E-state index is 5.11. The van der Waals surface area contributed by atoms with Crippen LogP contribution in [-0.4, -0.2) is 26.8 Å². The second-order valence-corrected chi connectivity index (χ2v) is 3.00. The first-order valence-electron chi connectivity index (χ1n) is 5.85. The van der Waals surface area contributed by atoms with Gasteiger partial charge in [0.1, 0.15) is 0 Å². The first kappa shape index (κ1) is 22.0. The van der Waals surface area contributed by atoms with Crippen LogP contribution in [0.5, 0.6) is 0 Å². The summed E-state index contributed by atoms with van der Waals surface area (Å²) in [7, 11) is 1.87. The van der Waals surface area contributed by atoms with E-state index in [1.807, 2.05) is 20.9 Å². The molecule has 0 saturated heterocycles. The third kappa shape index (κ3) is 18.3. The Bertz CT molecular complexity index is 190. The first-order chi connectivity index (χ1) is 7.70. The first-order valence-corrected chi connectivity index (χ1v) is 5.85. The molecular formula is C13H29N2OW-. The summed E-state index contributed by atoms with van der Waals surface area (Å²) in [6, 6.07) is 0. The molecule has 0 atom stereocenters. The van der Waals surface area contributed by atoms with Crippen molar-refractivity contribution in [1.29, 1.82) is 0 Å². The van der Waals surface area contributed by atoms with Crippen molar-refractivity contribution in [3.05, 3.63) is 31.5 Å². The van der Waals surface area contributed by atoms with Crippen LogP contribution >= 0.6 is 0 Å². The van der Waals surface area contributed by atoms with Gasteiger partial charge in [-0.3, -0.25) is 0 Å². The fourth-order valence-electron chi connectivity index (χ4n) is 0.901. The third-order valence-corrected chi connectivity index (χ3v) is 1.85. The molecule has 0 aliphatic rings. The van der Waals surface area contributed by atoms with Crippen LogP contribution in [0.3, 0.4) is 0 Å². The maximum absolute atomic E-state index is 5.11. The number of nitrogens with one attached hydrogen (secondary N) is 2. The van der Waals surface area contributed by atoms with Gasteiger partial charge in [0.25, 0.3) is 0 Å². The Hall–Kier alpha value is -0.272. The minimum absolute atomic E-state index is 0. The molecule has 4 heteroatoms. The summed E-state index contributed by atoms with van der Waals surface area (Å²) in [5.74, 6) is 0. The van der Waals surface area contributed by atoms with E-state index in [2.05, 4.69) is 30.7 Å². The Balaban J connectivity index is -0.000000232. The Kier molecular flexibility index (Phi) is 23.4. The fourth-order valence-corrected chi connectivity index (χ4v) is 0.901. The molecule has 0 aromatic carbocycles.